The first-order chi connectivity index (χ1) is 14.5. The molecule has 1 fully saturated rings. The van der Waals surface area contributed by atoms with E-state index in [0.29, 0.717) is 35.8 Å². The summed E-state index contributed by atoms with van der Waals surface area (Å²) >= 11 is 1.41. The van der Waals surface area contributed by atoms with Crippen molar-refractivity contribution in [1.29, 1.82) is 5.26 Å². The molecule has 9 heteroatoms. The quantitative estimate of drug-likeness (QED) is 0.678. The lowest BCUT2D eigenvalue weighted by atomic mass is 10.2. The largest absolute Gasteiger partial charge is 0.462 e. The van der Waals surface area contributed by atoms with Crippen LogP contribution in [0.5, 0.6) is 0 Å². The van der Waals surface area contributed by atoms with E-state index in [0.717, 1.165) is 30.2 Å². The first-order valence-electron chi connectivity index (χ1n) is 9.97. The summed E-state index contributed by atoms with van der Waals surface area (Å²) in [6.45, 7) is 7.18. The molecule has 1 aliphatic heterocycles. The van der Waals surface area contributed by atoms with Crippen LogP contribution in [0, 0.1) is 11.3 Å². The summed E-state index contributed by atoms with van der Waals surface area (Å²) in [5, 5.41) is 12.5. The highest BCUT2D eigenvalue weighted by molar-refractivity contribution is 7.16. The maximum Gasteiger partial charge on any atom is 0.341 e. The van der Waals surface area contributed by atoms with Crippen LogP contribution in [0.2, 0.25) is 0 Å². The first kappa shape index (κ1) is 21.7. The van der Waals surface area contributed by atoms with Crippen molar-refractivity contribution >= 4 is 34.0 Å². The van der Waals surface area contributed by atoms with E-state index in [1.807, 2.05) is 6.92 Å². The number of esters is 1. The minimum atomic E-state index is -0.413. The minimum Gasteiger partial charge on any atom is -0.462 e. The molecule has 0 radical (unpaired) electrons. The molecule has 1 amide bonds. The van der Waals surface area contributed by atoms with Crippen molar-refractivity contribution in [2.24, 2.45) is 0 Å². The van der Waals surface area contributed by atoms with E-state index in [1.54, 1.807) is 31.3 Å². The fraction of sp³-hybridized carbons (Fsp3) is 0.429. The number of rotatable bonds is 7. The van der Waals surface area contributed by atoms with Crippen LogP contribution in [0.15, 0.2) is 24.4 Å². The number of nitrogens with one attached hydrogen (secondary N) is 1. The van der Waals surface area contributed by atoms with Gasteiger partial charge < -0.3 is 15.0 Å². The van der Waals surface area contributed by atoms with Crippen molar-refractivity contribution in [2.75, 3.05) is 49.5 Å². The van der Waals surface area contributed by atoms with Crippen LogP contribution in [0.1, 0.15) is 34.6 Å². The van der Waals surface area contributed by atoms with Gasteiger partial charge in [-0.2, -0.15) is 5.26 Å². The molecule has 0 unspecified atom stereocenters. The zero-order valence-electron chi connectivity index (χ0n) is 17.2. The summed E-state index contributed by atoms with van der Waals surface area (Å²) in [6.07, 6.45) is 2.43. The third kappa shape index (κ3) is 5.34. The first-order valence-corrected chi connectivity index (χ1v) is 10.8. The minimum absolute atomic E-state index is 0.150. The maximum absolute atomic E-state index is 12.6. The molecule has 2 aromatic rings. The molecule has 158 valence electrons. The zero-order chi connectivity index (χ0) is 21.5. The molecule has 1 N–H and O–H groups in total. The van der Waals surface area contributed by atoms with E-state index in [-0.39, 0.29) is 12.5 Å². The van der Waals surface area contributed by atoms with Crippen LogP contribution < -0.4 is 10.2 Å². The number of aromatic nitrogens is 1. The number of amides is 1. The number of hydrogen-bond acceptors (Lipinski definition) is 8. The Kier molecular flexibility index (Phi) is 7.38. The Morgan fingerprint density at radius 3 is 2.70 bits per heavy atom. The number of hydrogen-bond donors (Lipinski definition) is 1. The topological polar surface area (TPSA) is 98.6 Å². The van der Waals surface area contributed by atoms with Gasteiger partial charge in [0.15, 0.2) is 0 Å². The molecule has 0 bridgehead atoms. The van der Waals surface area contributed by atoms with Gasteiger partial charge in [-0.15, -0.1) is 11.3 Å². The molecule has 3 heterocycles. The summed E-state index contributed by atoms with van der Waals surface area (Å²) in [5.41, 5.74) is 1.00. The molecular weight excluding hydrogens is 402 g/mol. The molecule has 1 aliphatic rings. The monoisotopic (exact) mass is 427 g/mol. The van der Waals surface area contributed by atoms with E-state index in [9.17, 15) is 9.59 Å². The molecule has 0 aliphatic carbocycles. The van der Waals surface area contributed by atoms with Gasteiger partial charge in [0.05, 0.1) is 30.3 Å². The fourth-order valence-corrected chi connectivity index (χ4v) is 4.24. The average molecular weight is 428 g/mol. The van der Waals surface area contributed by atoms with Gasteiger partial charge in [-0.1, -0.05) is 6.92 Å². The van der Waals surface area contributed by atoms with E-state index in [2.05, 4.69) is 26.2 Å². The number of thiophene rings is 1. The molecule has 30 heavy (non-hydrogen) atoms. The summed E-state index contributed by atoms with van der Waals surface area (Å²) in [7, 11) is 0. The van der Waals surface area contributed by atoms with Crippen molar-refractivity contribution in [3.8, 4) is 6.07 Å². The second kappa shape index (κ2) is 10.2. The predicted molar refractivity (Wildman–Crippen MR) is 116 cm³/mol. The van der Waals surface area contributed by atoms with Gasteiger partial charge in [0, 0.05) is 37.3 Å². The van der Waals surface area contributed by atoms with Gasteiger partial charge in [0.1, 0.15) is 10.8 Å². The maximum atomic E-state index is 12.6. The Labute approximate surface area is 180 Å². The number of nitriles is 1. The van der Waals surface area contributed by atoms with Crippen LogP contribution in [-0.4, -0.2) is 61.1 Å². The number of ether oxygens (including phenoxy) is 1. The van der Waals surface area contributed by atoms with Gasteiger partial charge in [0.25, 0.3) is 0 Å². The Morgan fingerprint density at radius 1 is 1.27 bits per heavy atom. The summed E-state index contributed by atoms with van der Waals surface area (Å²) < 4.78 is 5.10. The number of aryl methyl sites for hydroxylation is 1. The summed E-state index contributed by atoms with van der Waals surface area (Å²) in [4.78, 5) is 34.3. The third-order valence-corrected chi connectivity index (χ3v) is 6.01. The number of anilines is 2. The second-order valence-electron chi connectivity index (χ2n) is 6.86. The molecule has 0 aromatic carbocycles. The molecule has 0 spiro atoms. The molecular formula is C21H25N5O3S. The molecule has 0 atom stereocenters. The number of nitrogens with zero attached hydrogens (tertiary/aromatic N) is 4. The van der Waals surface area contributed by atoms with Gasteiger partial charge in [-0.25, -0.2) is 9.78 Å². The molecule has 3 rings (SSSR count). The molecule has 2 aromatic heterocycles. The van der Waals surface area contributed by atoms with Crippen LogP contribution in [0.4, 0.5) is 10.8 Å². The van der Waals surface area contributed by atoms with E-state index >= 15 is 0 Å². The van der Waals surface area contributed by atoms with Crippen molar-refractivity contribution in [3.63, 3.8) is 0 Å². The fourth-order valence-electron chi connectivity index (χ4n) is 3.23. The Morgan fingerprint density at radius 2 is 2.03 bits per heavy atom. The zero-order valence-corrected chi connectivity index (χ0v) is 18.0. The highest BCUT2D eigenvalue weighted by Crippen LogP contribution is 2.29. The summed E-state index contributed by atoms with van der Waals surface area (Å²) in [5.74, 6) is 0.218. The van der Waals surface area contributed by atoms with Crippen molar-refractivity contribution in [2.45, 2.75) is 20.3 Å². The lowest BCUT2D eigenvalue weighted by Crippen LogP contribution is -2.49. The highest BCUT2D eigenvalue weighted by Gasteiger charge is 2.22. The Hall–Kier alpha value is -2.96. The smallest absolute Gasteiger partial charge is 0.341 e. The van der Waals surface area contributed by atoms with Crippen molar-refractivity contribution in [3.05, 3.63) is 40.4 Å². The molecule has 8 nitrogen and oxygen atoms in total. The van der Waals surface area contributed by atoms with Crippen LogP contribution in [0.3, 0.4) is 0 Å². The van der Waals surface area contributed by atoms with Crippen molar-refractivity contribution < 1.29 is 14.3 Å². The van der Waals surface area contributed by atoms with E-state index in [4.69, 9.17) is 10.00 Å². The van der Waals surface area contributed by atoms with Gasteiger partial charge in [0.2, 0.25) is 5.91 Å². The SMILES string of the molecule is CCOC(=O)c1cc(CC)sc1NC(=O)CN1CCN(c2cc(C#N)ccn2)CC1. The lowest BCUT2D eigenvalue weighted by Gasteiger charge is -2.35. The number of carbonyl (C=O) groups is 2. The standard InChI is InChI=1S/C21H25N5O3S/c1-3-16-12-17(21(28)29-4-2)20(30-16)24-19(27)14-25-7-9-26(10-8-25)18-11-15(13-22)5-6-23-18/h5-6,11-12H,3-4,7-10,14H2,1-2H3,(H,24,27). The van der Waals surface area contributed by atoms with Crippen LogP contribution >= 0.6 is 11.3 Å². The van der Waals surface area contributed by atoms with Gasteiger partial charge >= 0.3 is 5.97 Å². The van der Waals surface area contributed by atoms with Crippen molar-refractivity contribution in [1.82, 2.24) is 9.88 Å². The summed E-state index contributed by atoms with van der Waals surface area (Å²) in [6, 6.07) is 7.38. The highest BCUT2D eigenvalue weighted by atomic mass is 32.1. The lowest BCUT2D eigenvalue weighted by molar-refractivity contribution is -0.117. The number of carbonyl (C=O) groups excluding carboxylic acids is 2. The Bertz CT molecular complexity index is 944. The van der Waals surface area contributed by atoms with E-state index in [1.165, 1.54) is 11.3 Å². The van der Waals surface area contributed by atoms with Gasteiger partial charge in [-0.3, -0.25) is 9.69 Å². The molecule has 1 saturated heterocycles. The Balaban J connectivity index is 1.56. The second-order valence-corrected chi connectivity index (χ2v) is 7.99. The third-order valence-electron chi connectivity index (χ3n) is 4.82. The normalized spacial score (nSPS) is 14.2. The van der Waals surface area contributed by atoms with E-state index < -0.39 is 5.97 Å². The van der Waals surface area contributed by atoms with Crippen LogP contribution in [-0.2, 0) is 16.0 Å². The number of piperazine rings is 1. The number of pyridine rings is 1. The predicted octanol–water partition coefficient (Wildman–Crippen LogP) is 2.51. The van der Waals surface area contributed by atoms with Crippen LogP contribution in [0.25, 0.3) is 0 Å². The van der Waals surface area contributed by atoms with Gasteiger partial charge in [-0.05, 0) is 31.5 Å². The average Bonchev–Trinajstić information content (AvgIpc) is 3.17. The molecule has 0 saturated carbocycles.